The fourth-order valence-electron chi connectivity index (χ4n) is 4.11. The van der Waals surface area contributed by atoms with Crippen LogP contribution in [0.1, 0.15) is 27.7 Å². The molecule has 1 aliphatic rings. The number of alkyl halides is 1. The van der Waals surface area contributed by atoms with E-state index >= 15 is 4.39 Å². The maximum Gasteiger partial charge on any atom is 0.459 e. The second-order valence-corrected chi connectivity index (χ2v) is 11.2. The number of nitrogens with one attached hydrogen (secondary N) is 1. The van der Waals surface area contributed by atoms with Gasteiger partial charge in [-0.25, -0.2) is 18.9 Å². The van der Waals surface area contributed by atoms with Gasteiger partial charge < -0.3 is 24.8 Å². The summed E-state index contributed by atoms with van der Waals surface area (Å²) in [5.41, 5.74) is 0.553. The summed E-state index contributed by atoms with van der Waals surface area (Å²) in [5.74, 6) is -0.546. The Bertz CT molecular complexity index is 1460. The molecular formula is C24H29FN7O7P. The van der Waals surface area contributed by atoms with Gasteiger partial charge in [0.05, 0.1) is 24.3 Å². The third kappa shape index (κ3) is 5.36. The van der Waals surface area contributed by atoms with Crippen LogP contribution in [0, 0.1) is 11.3 Å². The van der Waals surface area contributed by atoms with E-state index in [2.05, 4.69) is 20.2 Å². The summed E-state index contributed by atoms with van der Waals surface area (Å²) >= 11 is 0. The van der Waals surface area contributed by atoms with Crippen LogP contribution >= 0.6 is 7.75 Å². The molecule has 3 heterocycles. The van der Waals surface area contributed by atoms with Crippen LogP contribution in [-0.4, -0.2) is 67.5 Å². The third-order valence-electron chi connectivity index (χ3n) is 6.17. The van der Waals surface area contributed by atoms with Gasteiger partial charge in [0.25, 0.3) is 5.72 Å². The van der Waals surface area contributed by atoms with Crippen molar-refractivity contribution in [2.45, 2.75) is 63.4 Å². The van der Waals surface area contributed by atoms with Crippen LogP contribution < -0.4 is 15.3 Å². The highest BCUT2D eigenvalue weighted by Gasteiger charge is 2.68. The van der Waals surface area contributed by atoms with Gasteiger partial charge in [-0.2, -0.15) is 20.1 Å². The number of nitrogens with zero attached hydrogens (tertiary/aromatic N) is 5. The van der Waals surface area contributed by atoms with E-state index in [1.807, 2.05) is 0 Å². The average Bonchev–Trinajstić information content (AvgIpc) is 3.41. The van der Waals surface area contributed by atoms with Crippen LogP contribution in [0.25, 0.3) is 11.0 Å². The van der Waals surface area contributed by atoms with Gasteiger partial charge in [-0.05, 0) is 39.8 Å². The predicted molar refractivity (Wildman–Crippen MR) is 138 cm³/mol. The molecule has 0 spiro atoms. The highest BCUT2D eigenvalue weighted by Crippen LogP contribution is 2.50. The molecule has 0 aliphatic carbocycles. The zero-order valence-corrected chi connectivity index (χ0v) is 23.0. The van der Waals surface area contributed by atoms with Gasteiger partial charge in [-0.1, -0.05) is 18.2 Å². The lowest BCUT2D eigenvalue weighted by atomic mass is 9.90. The molecule has 214 valence electrons. The third-order valence-corrected chi connectivity index (χ3v) is 7.82. The van der Waals surface area contributed by atoms with Crippen molar-refractivity contribution in [1.82, 2.24) is 24.8 Å². The molecule has 4 N–H and O–H groups in total. The quantitative estimate of drug-likeness (QED) is 0.234. The molecule has 0 amide bonds. The van der Waals surface area contributed by atoms with E-state index in [0.717, 1.165) is 17.9 Å². The fraction of sp³-hybridized carbons (Fsp3) is 0.458. The highest BCUT2D eigenvalue weighted by molar-refractivity contribution is 7.52. The van der Waals surface area contributed by atoms with E-state index in [1.165, 1.54) is 25.3 Å². The van der Waals surface area contributed by atoms with Gasteiger partial charge in [0.1, 0.15) is 42.2 Å². The molecule has 0 saturated carbocycles. The Balaban J connectivity index is 1.61. The number of fused-ring (bicyclic) bond motifs is 1. The molecule has 1 aliphatic heterocycles. The van der Waals surface area contributed by atoms with Crippen LogP contribution in [0.3, 0.4) is 0 Å². The number of anilines is 1. The topological polar surface area (TPSA) is 197 Å². The number of carbonyl (C=O) groups is 1. The van der Waals surface area contributed by atoms with Crippen molar-refractivity contribution < 1.29 is 37.4 Å². The molecule has 2 aromatic heterocycles. The maximum absolute atomic E-state index is 16.2. The second-order valence-electron chi connectivity index (χ2n) is 9.52. The van der Waals surface area contributed by atoms with E-state index in [9.17, 15) is 19.7 Å². The number of aliphatic hydroxyl groups is 1. The number of esters is 1. The Morgan fingerprint density at radius 3 is 2.70 bits per heavy atom. The fourth-order valence-corrected chi connectivity index (χ4v) is 5.61. The summed E-state index contributed by atoms with van der Waals surface area (Å²) in [6, 6.07) is 8.58. The van der Waals surface area contributed by atoms with Crippen molar-refractivity contribution in [3.05, 3.63) is 42.9 Å². The monoisotopic (exact) mass is 577 g/mol. The Kier molecular flexibility index (Phi) is 8.11. The Labute approximate surface area is 228 Å². The number of hydrogen-bond acceptors (Lipinski definition) is 12. The predicted octanol–water partition coefficient (Wildman–Crippen LogP) is 2.21. The molecule has 0 radical (unpaired) electrons. The summed E-state index contributed by atoms with van der Waals surface area (Å²) in [6.07, 6.45) is -1.59. The number of nitrogens with two attached hydrogens (primary N) is 1. The number of aliphatic hydroxyl groups excluding tert-OH is 1. The minimum absolute atomic E-state index is 0.0102. The van der Waals surface area contributed by atoms with Gasteiger partial charge in [0.15, 0.2) is 11.3 Å². The SMILES string of the molecule is CC(C)OC(=O)C(C)N[P@](=O)(OC[C@H]1O[C@@](C#N)(n2ncc3c(N)ncnc32)[C@](C)(F)[C@@H]1O)Oc1ccccc1. The van der Waals surface area contributed by atoms with Crippen molar-refractivity contribution in [3.63, 3.8) is 0 Å². The minimum Gasteiger partial charge on any atom is -0.462 e. The second kappa shape index (κ2) is 11.1. The molecule has 14 nitrogen and oxygen atoms in total. The van der Waals surface area contributed by atoms with E-state index < -0.39 is 56.1 Å². The van der Waals surface area contributed by atoms with Gasteiger partial charge in [-0.15, -0.1) is 0 Å². The lowest BCUT2D eigenvalue weighted by molar-refractivity contribution is -0.149. The molecule has 16 heteroatoms. The lowest BCUT2D eigenvalue weighted by Gasteiger charge is -2.31. The molecule has 3 aromatic rings. The molecule has 6 atom stereocenters. The average molecular weight is 578 g/mol. The molecule has 0 bridgehead atoms. The largest absolute Gasteiger partial charge is 0.462 e. The van der Waals surface area contributed by atoms with E-state index in [-0.39, 0.29) is 22.6 Å². The zero-order valence-electron chi connectivity index (χ0n) is 22.1. The van der Waals surface area contributed by atoms with Crippen LogP contribution in [0.4, 0.5) is 10.2 Å². The number of halogens is 1. The molecule has 4 rings (SSSR count). The smallest absolute Gasteiger partial charge is 0.459 e. The van der Waals surface area contributed by atoms with Gasteiger partial charge >= 0.3 is 13.7 Å². The summed E-state index contributed by atoms with van der Waals surface area (Å²) < 4.78 is 52.9. The number of para-hydroxylation sites is 1. The Hall–Kier alpha value is -3.67. The standard InChI is InChI=1S/C24H29FN7O7P/c1-14(2)37-22(34)15(3)31-40(35,39-16-8-6-5-7-9-16)36-11-18-19(33)23(4,25)24(12-26,38-18)32-21-17(10-30-32)20(27)28-13-29-21/h5-10,13-15,18-19,33H,11H2,1-4H3,(H,31,35)(H2,27,28,29)/t15?,18-,19-,23-,24-,40+/m1/s1. The van der Waals surface area contributed by atoms with Crippen molar-refractivity contribution in [3.8, 4) is 11.8 Å². The molecule has 1 aromatic carbocycles. The summed E-state index contributed by atoms with van der Waals surface area (Å²) in [7, 11) is -4.38. The number of ether oxygens (including phenoxy) is 2. The normalized spacial score (nSPS) is 26.8. The first-order valence-corrected chi connectivity index (χ1v) is 13.8. The van der Waals surface area contributed by atoms with Crippen LogP contribution in [0.5, 0.6) is 5.75 Å². The Morgan fingerprint density at radius 1 is 1.35 bits per heavy atom. The molecular weight excluding hydrogens is 548 g/mol. The van der Waals surface area contributed by atoms with Crippen LogP contribution in [0.2, 0.25) is 0 Å². The van der Waals surface area contributed by atoms with E-state index in [1.54, 1.807) is 38.1 Å². The lowest BCUT2D eigenvalue weighted by Crippen LogP contribution is -2.52. The molecule has 1 unspecified atom stereocenters. The summed E-state index contributed by atoms with van der Waals surface area (Å²) in [6.45, 7) is 4.94. The first kappa shape index (κ1) is 29.3. The minimum atomic E-state index is -4.38. The van der Waals surface area contributed by atoms with E-state index in [0.29, 0.717) is 0 Å². The van der Waals surface area contributed by atoms with Crippen molar-refractivity contribution in [2.75, 3.05) is 12.3 Å². The van der Waals surface area contributed by atoms with Crippen LogP contribution in [-0.2, 0) is 29.1 Å². The first-order chi connectivity index (χ1) is 18.8. The van der Waals surface area contributed by atoms with Gasteiger partial charge in [0.2, 0.25) is 0 Å². The summed E-state index contributed by atoms with van der Waals surface area (Å²) in [4.78, 5) is 20.3. The van der Waals surface area contributed by atoms with Crippen molar-refractivity contribution in [1.29, 1.82) is 5.26 Å². The zero-order chi connectivity index (χ0) is 29.3. The number of benzene rings is 1. The number of aromatic nitrogens is 4. The van der Waals surface area contributed by atoms with Gasteiger partial charge in [0, 0.05) is 0 Å². The number of nitrogen functional groups attached to an aromatic ring is 1. The molecule has 1 fully saturated rings. The van der Waals surface area contributed by atoms with Gasteiger partial charge in [-0.3, -0.25) is 9.32 Å². The summed E-state index contributed by atoms with van der Waals surface area (Å²) in [5, 5.41) is 27.8. The highest BCUT2D eigenvalue weighted by atomic mass is 31.2. The van der Waals surface area contributed by atoms with Crippen LogP contribution in [0.15, 0.2) is 42.9 Å². The first-order valence-electron chi connectivity index (χ1n) is 12.2. The number of nitriles is 1. The molecule has 40 heavy (non-hydrogen) atoms. The maximum atomic E-state index is 16.2. The van der Waals surface area contributed by atoms with Crippen molar-refractivity contribution in [2.24, 2.45) is 0 Å². The van der Waals surface area contributed by atoms with E-state index in [4.69, 9.17) is 24.3 Å². The number of hydrogen-bond donors (Lipinski definition) is 3. The van der Waals surface area contributed by atoms with Crippen molar-refractivity contribution >= 4 is 30.6 Å². The Morgan fingerprint density at radius 2 is 2.05 bits per heavy atom. The number of rotatable bonds is 10. The molecule has 1 saturated heterocycles. The number of carbonyl (C=O) groups excluding carboxylic acids is 1.